The zero-order chi connectivity index (χ0) is 15.0. The Balaban J connectivity index is 1.72. The number of fused-ring (bicyclic) bond motifs is 1. The number of hydrogen-bond acceptors (Lipinski definition) is 3. The van der Waals surface area contributed by atoms with E-state index in [1.165, 1.54) is 17.5 Å². The summed E-state index contributed by atoms with van der Waals surface area (Å²) in [6, 6.07) is 6.08. The van der Waals surface area contributed by atoms with Gasteiger partial charge in [0.1, 0.15) is 0 Å². The molecule has 0 spiro atoms. The van der Waals surface area contributed by atoms with E-state index in [2.05, 4.69) is 6.07 Å². The van der Waals surface area contributed by atoms with Gasteiger partial charge in [-0.2, -0.15) is 0 Å². The smallest absolute Gasteiger partial charge is 0.253 e. The Bertz CT molecular complexity index is 556. The fraction of sp³-hybridized carbons (Fsp3) is 0.588. The highest BCUT2D eigenvalue weighted by Crippen LogP contribution is 2.26. The maximum Gasteiger partial charge on any atom is 0.253 e. The number of amides is 1. The summed E-state index contributed by atoms with van der Waals surface area (Å²) >= 11 is 0. The van der Waals surface area contributed by atoms with Crippen LogP contribution in [0.4, 0.5) is 0 Å². The molecule has 1 fully saturated rings. The fourth-order valence-corrected chi connectivity index (χ4v) is 3.63. The lowest BCUT2D eigenvalue weighted by molar-refractivity contribution is 0.0236. The van der Waals surface area contributed by atoms with Crippen LogP contribution >= 0.6 is 0 Å². The van der Waals surface area contributed by atoms with Gasteiger partial charge in [0.05, 0.1) is 12.1 Å². The van der Waals surface area contributed by atoms with Gasteiger partial charge >= 0.3 is 0 Å². The van der Waals surface area contributed by atoms with Crippen molar-refractivity contribution in [2.24, 2.45) is 0 Å². The van der Waals surface area contributed by atoms with Crippen molar-refractivity contribution in [2.75, 3.05) is 33.7 Å². The van der Waals surface area contributed by atoms with Crippen LogP contribution in [0, 0.1) is 0 Å². The number of β-amino-alcohol motifs (C(OH)–C–C–N with tert-alkyl or cyclic N) is 1. The van der Waals surface area contributed by atoms with Crippen LogP contribution in [0.1, 0.15) is 34.3 Å². The summed E-state index contributed by atoms with van der Waals surface area (Å²) in [5, 5.41) is 10.5. The lowest BCUT2D eigenvalue weighted by Crippen LogP contribution is -2.43. The van der Waals surface area contributed by atoms with Crippen LogP contribution in [0.15, 0.2) is 18.2 Å². The molecule has 0 aromatic heterocycles. The minimum Gasteiger partial charge on any atom is -0.387 e. The van der Waals surface area contributed by atoms with E-state index in [-0.39, 0.29) is 5.91 Å². The minimum atomic E-state index is -0.768. The van der Waals surface area contributed by atoms with Crippen LogP contribution in [-0.4, -0.2) is 60.1 Å². The van der Waals surface area contributed by atoms with Crippen molar-refractivity contribution >= 4 is 5.91 Å². The average molecular weight is 288 g/mol. The zero-order valence-corrected chi connectivity index (χ0v) is 12.9. The topological polar surface area (TPSA) is 43.8 Å². The van der Waals surface area contributed by atoms with Gasteiger partial charge in [-0.25, -0.2) is 0 Å². The molecule has 4 nitrogen and oxygen atoms in total. The van der Waals surface area contributed by atoms with Gasteiger partial charge < -0.3 is 14.9 Å². The first-order chi connectivity index (χ1) is 9.97. The summed E-state index contributed by atoms with van der Waals surface area (Å²) < 4.78 is 0. The second kappa shape index (κ2) is 5.43. The fourth-order valence-electron chi connectivity index (χ4n) is 3.63. The molecule has 1 N–H and O–H groups in total. The van der Waals surface area contributed by atoms with E-state index in [1.54, 1.807) is 4.90 Å². The van der Waals surface area contributed by atoms with Gasteiger partial charge in [-0.05, 0) is 63.0 Å². The standard InChI is InChI=1S/C17H24N2O2/c1-18(2)11-17(21)8-9-19(12-17)16(20)15-7-6-13-4-3-5-14(13)10-15/h6-7,10,21H,3-5,8-9,11-12H2,1-2H3/t17-/m1/s1. The number of carbonyl (C=O) groups is 1. The largest absolute Gasteiger partial charge is 0.387 e. The monoisotopic (exact) mass is 288 g/mol. The Kier molecular flexibility index (Phi) is 3.76. The highest BCUT2D eigenvalue weighted by atomic mass is 16.3. The third-order valence-electron chi connectivity index (χ3n) is 4.58. The SMILES string of the molecule is CN(C)C[C@]1(O)CCN(C(=O)c2ccc3c(c2)CCC3)C1. The van der Waals surface area contributed by atoms with Gasteiger partial charge in [-0.1, -0.05) is 6.07 Å². The number of nitrogens with zero attached hydrogens (tertiary/aromatic N) is 2. The van der Waals surface area contributed by atoms with Crippen LogP contribution in [0.2, 0.25) is 0 Å². The molecule has 21 heavy (non-hydrogen) atoms. The third kappa shape index (κ3) is 2.97. The quantitative estimate of drug-likeness (QED) is 0.912. The second-order valence-electron chi connectivity index (χ2n) is 6.78. The molecule has 1 aliphatic heterocycles. The highest BCUT2D eigenvalue weighted by Gasteiger charge is 2.38. The predicted octanol–water partition coefficient (Wildman–Crippen LogP) is 1.31. The Morgan fingerprint density at radius 3 is 2.86 bits per heavy atom. The molecule has 4 heteroatoms. The molecule has 0 unspecified atom stereocenters. The van der Waals surface area contributed by atoms with E-state index < -0.39 is 5.60 Å². The van der Waals surface area contributed by atoms with Crippen molar-refractivity contribution in [3.8, 4) is 0 Å². The maximum absolute atomic E-state index is 12.6. The van der Waals surface area contributed by atoms with Gasteiger partial charge in [-0.15, -0.1) is 0 Å². The van der Waals surface area contributed by atoms with Gasteiger partial charge in [-0.3, -0.25) is 4.79 Å². The van der Waals surface area contributed by atoms with E-state index in [1.807, 2.05) is 31.1 Å². The summed E-state index contributed by atoms with van der Waals surface area (Å²) in [4.78, 5) is 16.4. The summed E-state index contributed by atoms with van der Waals surface area (Å²) in [6.07, 6.45) is 4.07. The molecule has 1 heterocycles. The summed E-state index contributed by atoms with van der Waals surface area (Å²) in [7, 11) is 3.89. The van der Waals surface area contributed by atoms with E-state index >= 15 is 0 Å². The Morgan fingerprint density at radius 2 is 2.10 bits per heavy atom. The lowest BCUT2D eigenvalue weighted by atomic mass is 10.0. The molecule has 2 aliphatic rings. The van der Waals surface area contributed by atoms with E-state index in [0.29, 0.717) is 26.1 Å². The number of hydrogen-bond donors (Lipinski definition) is 1. The first-order valence-electron chi connectivity index (χ1n) is 7.75. The zero-order valence-electron chi connectivity index (χ0n) is 12.9. The molecule has 0 bridgehead atoms. The van der Waals surface area contributed by atoms with E-state index in [9.17, 15) is 9.90 Å². The molecule has 1 aliphatic carbocycles. The van der Waals surface area contributed by atoms with Crippen molar-refractivity contribution in [1.29, 1.82) is 0 Å². The second-order valence-corrected chi connectivity index (χ2v) is 6.78. The Labute approximate surface area is 126 Å². The van der Waals surface area contributed by atoms with E-state index in [0.717, 1.165) is 18.4 Å². The number of aliphatic hydroxyl groups is 1. The van der Waals surface area contributed by atoms with Crippen LogP contribution in [0.5, 0.6) is 0 Å². The van der Waals surface area contributed by atoms with Crippen molar-refractivity contribution in [3.05, 3.63) is 34.9 Å². The van der Waals surface area contributed by atoms with Crippen molar-refractivity contribution in [3.63, 3.8) is 0 Å². The number of aryl methyl sites for hydroxylation is 2. The number of rotatable bonds is 3. The van der Waals surface area contributed by atoms with Crippen LogP contribution in [0.25, 0.3) is 0 Å². The number of likely N-dealkylation sites (N-methyl/N-ethyl adjacent to an activating group) is 1. The first-order valence-corrected chi connectivity index (χ1v) is 7.75. The van der Waals surface area contributed by atoms with Crippen molar-refractivity contribution in [1.82, 2.24) is 9.80 Å². The van der Waals surface area contributed by atoms with Gasteiger partial charge in [0.25, 0.3) is 5.91 Å². The van der Waals surface area contributed by atoms with Gasteiger partial charge in [0.15, 0.2) is 0 Å². The molecule has 1 atom stereocenters. The Morgan fingerprint density at radius 1 is 1.33 bits per heavy atom. The highest BCUT2D eigenvalue weighted by molar-refractivity contribution is 5.94. The van der Waals surface area contributed by atoms with Gasteiger partial charge in [0, 0.05) is 18.7 Å². The Hall–Kier alpha value is -1.39. The third-order valence-corrected chi connectivity index (χ3v) is 4.58. The van der Waals surface area contributed by atoms with E-state index in [4.69, 9.17) is 0 Å². The molecule has 0 saturated carbocycles. The number of benzene rings is 1. The summed E-state index contributed by atoms with van der Waals surface area (Å²) in [6.45, 7) is 1.67. The van der Waals surface area contributed by atoms with Crippen LogP contribution < -0.4 is 0 Å². The van der Waals surface area contributed by atoms with Gasteiger partial charge in [0.2, 0.25) is 0 Å². The van der Waals surface area contributed by atoms with Crippen molar-refractivity contribution < 1.29 is 9.90 Å². The maximum atomic E-state index is 12.6. The molecule has 3 rings (SSSR count). The summed E-state index contributed by atoms with van der Waals surface area (Å²) in [5.41, 5.74) is 2.71. The normalized spacial score (nSPS) is 24.7. The molecule has 1 aromatic carbocycles. The molecule has 1 amide bonds. The minimum absolute atomic E-state index is 0.0550. The molecule has 1 saturated heterocycles. The number of carbonyl (C=O) groups excluding carboxylic acids is 1. The molecular weight excluding hydrogens is 264 g/mol. The van der Waals surface area contributed by atoms with Crippen LogP contribution in [0.3, 0.4) is 0 Å². The van der Waals surface area contributed by atoms with Crippen molar-refractivity contribution in [2.45, 2.75) is 31.3 Å². The first kappa shape index (κ1) is 14.5. The average Bonchev–Trinajstić information content (AvgIpc) is 3.02. The molecule has 1 aromatic rings. The van der Waals surface area contributed by atoms with Crippen LogP contribution in [-0.2, 0) is 12.8 Å². The summed E-state index contributed by atoms with van der Waals surface area (Å²) in [5.74, 6) is 0.0550. The molecule has 114 valence electrons. The number of likely N-dealkylation sites (tertiary alicyclic amines) is 1. The lowest BCUT2D eigenvalue weighted by Gasteiger charge is -2.26. The molecular formula is C17H24N2O2. The molecule has 0 radical (unpaired) electrons. The predicted molar refractivity (Wildman–Crippen MR) is 82.5 cm³/mol.